The number of carbonyl (C=O) groups excluding carboxylic acids is 2. The maximum atomic E-state index is 13.6. The lowest BCUT2D eigenvalue weighted by Gasteiger charge is -2.23. The van der Waals surface area contributed by atoms with Gasteiger partial charge in [0.25, 0.3) is 5.91 Å². The first-order valence-corrected chi connectivity index (χ1v) is 14.1. The van der Waals surface area contributed by atoms with Crippen LogP contribution in [0.5, 0.6) is 0 Å². The summed E-state index contributed by atoms with van der Waals surface area (Å²) in [4.78, 5) is 39.4. The summed E-state index contributed by atoms with van der Waals surface area (Å²) in [5.41, 5.74) is 6.90. The van der Waals surface area contributed by atoms with Crippen molar-refractivity contribution in [2.45, 2.75) is 25.8 Å². The number of carboxylic acids is 1. The summed E-state index contributed by atoms with van der Waals surface area (Å²) >= 11 is 3.48. The average molecular weight is 614 g/mol. The molecular formula is C33H29BrN2O5. The number of carboxylic acid groups (broad SMARTS) is 1. The number of aryl methyl sites for hydroxylation is 1. The fourth-order valence-corrected chi connectivity index (χ4v) is 5.80. The van der Waals surface area contributed by atoms with E-state index in [0.717, 1.165) is 33.4 Å². The number of hydrogen-bond donors (Lipinski definition) is 2. The van der Waals surface area contributed by atoms with E-state index in [1.54, 1.807) is 12.1 Å². The Morgan fingerprint density at radius 2 is 1.51 bits per heavy atom. The number of nitrogens with zero attached hydrogens (tertiary/aromatic N) is 1. The fourth-order valence-electron chi connectivity index (χ4n) is 5.17. The predicted molar refractivity (Wildman–Crippen MR) is 161 cm³/mol. The molecule has 5 rings (SSSR count). The van der Waals surface area contributed by atoms with Crippen LogP contribution in [0.15, 0.2) is 95.5 Å². The minimum absolute atomic E-state index is 0.0402. The molecule has 0 fully saturated rings. The molecule has 0 saturated carbocycles. The molecule has 2 N–H and O–H groups in total. The van der Waals surface area contributed by atoms with Crippen molar-refractivity contribution in [3.05, 3.63) is 123 Å². The third-order valence-corrected chi connectivity index (χ3v) is 7.88. The number of hydrogen-bond acceptors (Lipinski definition) is 4. The van der Waals surface area contributed by atoms with Gasteiger partial charge in [-0.3, -0.25) is 14.9 Å². The van der Waals surface area contributed by atoms with Gasteiger partial charge in [0, 0.05) is 29.2 Å². The van der Waals surface area contributed by atoms with Gasteiger partial charge in [-0.2, -0.15) is 0 Å². The van der Waals surface area contributed by atoms with Crippen molar-refractivity contribution >= 4 is 39.6 Å². The van der Waals surface area contributed by atoms with E-state index in [1.165, 1.54) is 4.90 Å². The van der Waals surface area contributed by atoms with Gasteiger partial charge in [0.15, 0.2) is 0 Å². The van der Waals surface area contributed by atoms with Crippen molar-refractivity contribution in [3.63, 3.8) is 0 Å². The summed E-state index contributed by atoms with van der Waals surface area (Å²) in [5, 5.41) is 12.0. The van der Waals surface area contributed by atoms with Crippen LogP contribution in [0, 0.1) is 6.92 Å². The first-order valence-electron chi connectivity index (χ1n) is 13.3. The van der Waals surface area contributed by atoms with Gasteiger partial charge in [-0.25, -0.2) is 4.79 Å². The SMILES string of the molecule is Cc1cc(Br)c(C(=O)N(CCC(=O)O)Cc2ccccc2)cc1NC(=O)OCC1c2ccccc2-c2ccccc21. The molecule has 1 aliphatic rings. The number of nitrogens with one attached hydrogen (secondary N) is 1. The largest absolute Gasteiger partial charge is 0.481 e. The smallest absolute Gasteiger partial charge is 0.411 e. The van der Waals surface area contributed by atoms with Gasteiger partial charge in [-0.15, -0.1) is 0 Å². The van der Waals surface area contributed by atoms with E-state index in [2.05, 4.69) is 45.5 Å². The van der Waals surface area contributed by atoms with Crippen LogP contribution in [0.1, 0.15) is 45.0 Å². The van der Waals surface area contributed by atoms with Crippen LogP contribution >= 0.6 is 15.9 Å². The molecule has 1 aliphatic carbocycles. The first kappa shape index (κ1) is 28.1. The second-order valence-electron chi connectivity index (χ2n) is 9.95. The molecule has 41 heavy (non-hydrogen) atoms. The standard InChI is InChI=1S/C33H29BrN2O5/c1-21-17-29(34)27(32(39)36(16-15-31(37)38)19-22-9-3-2-4-10-22)18-30(21)35-33(40)41-20-28-25-13-7-5-11-23(25)24-12-6-8-14-26(24)28/h2-14,17-18,28H,15-16,19-20H2,1H3,(H,35,40)(H,37,38). The Hall–Kier alpha value is -4.43. The molecule has 0 bridgehead atoms. The summed E-state index contributed by atoms with van der Waals surface area (Å²) in [6, 6.07) is 29.0. The summed E-state index contributed by atoms with van der Waals surface area (Å²) < 4.78 is 6.25. The first-order chi connectivity index (χ1) is 19.8. The molecule has 4 aromatic rings. The summed E-state index contributed by atoms with van der Waals surface area (Å²) in [6.07, 6.45) is -0.810. The molecule has 0 atom stereocenters. The molecule has 8 heteroatoms. The zero-order valence-corrected chi connectivity index (χ0v) is 24.1. The highest BCUT2D eigenvalue weighted by atomic mass is 79.9. The molecule has 0 unspecified atom stereocenters. The zero-order chi connectivity index (χ0) is 28.9. The predicted octanol–water partition coefficient (Wildman–Crippen LogP) is 7.24. The molecule has 0 saturated heterocycles. The van der Waals surface area contributed by atoms with Crippen LogP contribution in [0.4, 0.5) is 10.5 Å². The minimum atomic E-state index is -0.989. The van der Waals surface area contributed by atoms with Crippen LogP contribution in [0.25, 0.3) is 11.1 Å². The molecule has 0 aromatic heterocycles. The normalized spacial score (nSPS) is 11.9. The molecule has 0 radical (unpaired) electrons. The van der Waals surface area contributed by atoms with Crippen LogP contribution in [-0.2, 0) is 16.1 Å². The number of amides is 2. The molecule has 7 nitrogen and oxygen atoms in total. The van der Waals surface area contributed by atoms with Crippen molar-refractivity contribution in [2.24, 2.45) is 0 Å². The second-order valence-corrected chi connectivity index (χ2v) is 10.8. The molecule has 0 heterocycles. The third kappa shape index (κ3) is 6.33. The molecule has 0 aliphatic heterocycles. The topological polar surface area (TPSA) is 95.9 Å². The fraction of sp³-hybridized carbons (Fsp3) is 0.182. The van der Waals surface area contributed by atoms with E-state index in [1.807, 2.05) is 61.5 Å². The highest BCUT2D eigenvalue weighted by Gasteiger charge is 2.29. The van der Waals surface area contributed by atoms with Gasteiger partial charge in [-0.05, 0) is 68.4 Å². The third-order valence-electron chi connectivity index (χ3n) is 7.22. The number of halogens is 1. The van der Waals surface area contributed by atoms with Crippen molar-refractivity contribution in [2.75, 3.05) is 18.5 Å². The number of rotatable bonds is 9. The number of aliphatic carboxylic acids is 1. The Labute approximate surface area is 246 Å². The van der Waals surface area contributed by atoms with Crippen molar-refractivity contribution < 1.29 is 24.2 Å². The Kier molecular flexibility index (Phi) is 8.50. The lowest BCUT2D eigenvalue weighted by molar-refractivity contribution is -0.137. The van der Waals surface area contributed by atoms with E-state index >= 15 is 0 Å². The zero-order valence-electron chi connectivity index (χ0n) is 22.5. The number of ether oxygens (including phenoxy) is 1. The molecule has 208 valence electrons. The minimum Gasteiger partial charge on any atom is -0.481 e. The van der Waals surface area contributed by atoms with Crippen LogP contribution in [-0.4, -0.2) is 41.1 Å². The van der Waals surface area contributed by atoms with E-state index in [0.29, 0.717) is 15.7 Å². The number of carbonyl (C=O) groups is 3. The van der Waals surface area contributed by atoms with Gasteiger partial charge in [-0.1, -0.05) is 78.9 Å². The summed E-state index contributed by atoms with van der Waals surface area (Å²) in [6.45, 7) is 2.28. The molecule has 2 amide bonds. The average Bonchev–Trinajstić information content (AvgIpc) is 3.29. The van der Waals surface area contributed by atoms with E-state index in [4.69, 9.17) is 4.74 Å². The summed E-state index contributed by atoms with van der Waals surface area (Å²) in [7, 11) is 0. The lowest BCUT2D eigenvalue weighted by atomic mass is 9.98. The van der Waals surface area contributed by atoms with Crippen LogP contribution in [0.2, 0.25) is 0 Å². The molecule has 4 aromatic carbocycles. The quantitative estimate of drug-likeness (QED) is 0.208. The Morgan fingerprint density at radius 1 is 0.902 bits per heavy atom. The van der Waals surface area contributed by atoms with Gasteiger partial charge in [0.05, 0.1) is 12.0 Å². The highest BCUT2D eigenvalue weighted by Crippen LogP contribution is 2.44. The number of anilines is 1. The Bertz CT molecular complexity index is 1560. The van der Waals surface area contributed by atoms with Crippen LogP contribution in [0.3, 0.4) is 0 Å². The van der Waals surface area contributed by atoms with Gasteiger partial charge in [0.1, 0.15) is 6.61 Å². The van der Waals surface area contributed by atoms with Crippen molar-refractivity contribution in [1.82, 2.24) is 4.90 Å². The number of benzene rings is 4. The highest BCUT2D eigenvalue weighted by molar-refractivity contribution is 9.10. The molecule has 0 spiro atoms. The van der Waals surface area contributed by atoms with Crippen LogP contribution < -0.4 is 5.32 Å². The number of fused-ring (bicyclic) bond motifs is 3. The van der Waals surface area contributed by atoms with Gasteiger partial charge in [0.2, 0.25) is 0 Å². The van der Waals surface area contributed by atoms with E-state index in [-0.39, 0.29) is 37.9 Å². The summed E-state index contributed by atoms with van der Waals surface area (Å²) in [5.74, 6) is -1.41. The van der Waals surface area contributed by atoms with Gasteiger partial charge < -0.3 is 14.7 Å². The van der Waals surface area contributed by atoms with E-state index in [9.17, 15) is 19.5 Å². The monoisotopic (exact) mass is 612 g/mol. The Balaban J connectivity index is 1.32. The second kappa shape index (κ2) is 12.4. The maximum Gasteiger partial charge on any atom is 0.411 e. The maximum absolute atomic E-state index is 13.6. The van der Waals surface area contributed by atoms with Crippen molar-refractivity contribution in [3.8, 4) is 11.1 Å². The van der Waals surface area contributed by atoms with E-state index < -0.39 is 12.1 Å². The molecular weight excluding hydrogens is 584 g/mol. The Morgan fingerprint density at radius 3 is 2.15 bits per heavy atom. The lowest BCUT2D eigenvalue weighted by Crippen LogP contribution is -2.33. The van der Waals surface area contributed by atoms with Crippen molar-refractivity contribution in [1.29, 1.82) is 0 Å². The van der Waals surface area contributed by atoms with Gasteiger partial charge >= 0.3 is 12.1 Å².